The molecule has 1 aromatic rings. The lowest BCUT2D eigenvalue weighted by Crippen LogP contribution is -2.12. The monoisotopic (exact) mass is 316 g/mol. The van der Waals surface area contributed by atoms with Gasteiger partial charge in [0.25, 0.3) is 0 Å². The normalized spacial score (nSPS) is 19.6. The second kappa shape index (κ2) is 5.40. The lowest BCUT2D eigenvalue weighted by molar-refractivity contribution is 0.543. The molecule has 2 rings (SSSR count). The fraction of sp³-hybridized carbons (Fsp3) is 0.417. The molecule has 1 aromatic carbocycles. The summed E-state index contributed by atoms with van der Waals surface area (Å²) < 4.78 is 13.7. The van der Waals surface area contributed by atoms with Crippen molar-refractivity contribution in [1.29, 1.82) is 0 Å². The van der Waals surface area contributed by atoms with Crippen LogP contribution in [0.4, 0.5) is 10.1 Å². The van der Waals surface area contributed by atoms with Crippen molar-refractivity contribution in [2.24, 2.45) is 10.9 Å². The third kappa shape index (κ3) is 3.22. The summed E-state index contributed by atoms with van der Waals surface area (Å²) in [5.41, 5.74) is 0.849. The third-order valence-corrected chi connectivity index (χ3v) is 4.26. The van der Waals surface area contributed by atoms with E-state index < -0.39 is 0 Å². The van der Waals surface area contributed by atoms with E-state index in [4.69, 9.17) is 0 Å². The standard InChI is InChI=1S/C12H14BrFN2S/c1-7(2)11-6-17-12(16-11)15-10-4-3-8(14)5-9(10)13/h3-5,7,11H,6H2,1-2H3,(H,15,16)/t11-/m1/s1. The zero-order chi connectivity index (χ0) is 12.4. The number of rotatable bonds is 2. The molecule has 0 saturated carbocycles. The van der Waals surface area contributed by atoms with Crippen LogP contribution in [0.25, 0.3) is 0 Å². The maximum atomic E-state index is 12.9. The van der Waals surface area contributed by atoms with Gasteiger partial charge < -0.3 is 5.32 Å². The molecule has 5 heteroatoms. The summed E-state index contributed by atoms with van der Waals surface area (Å²) in [5, 5.41) is 4.13. The summed E-state index contributed by atoms with van der Waals surface area (Å²) in [5.74, 6) is 1.32. The predicted octanol–water partition coefficient (Wildman–Crippen LogP) is 4.13. The number of amidine groups is 1. The molecular weight excluding hydrogens is 303 g/mol. The number of anilines is 1. The highest BCUT2D eigenvalue weighted by Crippen LogP contribution is 2.28. The Bertz CT molecular complexity index is 448. The van der Waals surface area contributed by atoms with Crippen LogP contribution in [-0.2, 0) is 0 Å². The molecule has 0 unspecified atom stereocenters. The van der Waals surface area contributed by atoms with Gasteiger partial charge in [0.2, 0.25) is 0 Å². The van der Waals surface area contributed by atoms with Crippen LogP contribution < -0.4 is 5.32 Å². The third-order valence-electron chi connectivity index (χ3n) is 2.62. The predicted molar refractivity (Wildman–Crippen MR) is 76.2 cm³/mol. The van der Waals surface area contributed by atoms with Crippen molar-refractivity contribution in [3.05, 3.63) is 28.5 Å². The summed E-state index contributed by atoms with van der Waals surface area (Å²) in [6, 6.07) is 4.97. The van der Waals surface area contributed by atoms with E-state index in [-0.39, 0.29) is 5.82 Å². The highest BCUT2D eigenvalue weighted by Gasteiger charge is 2.21. The van der Waals surface area contributed by atoms with Gasteiger partial charge in [0.05, 0.1) is 11.7 Å². The zero-order valence-electron chi connectivity index (χ0n) is 9.71. The lowest BCUT2D eigenvalue weighted by atomic mass is 10.1. The quantitative estimate of drug-likeness (QED) is 0.887. The van der Waals surface area contributed by atoms with Gasteiger partial charge in [-0.05, 0) is 40.0 Å². The second-order valence-corrected chi connectivity index (χ2v) is 6.17. The van der Waals surface area contributed by atoms with Crippen LogP contribution in [0.5, 0.6) is 0 Å². The Morgan fingerprint density at radius 1 is 1.53 bits per heavy atom. The Balaban J connectivity index is 2.09. The number of nitrogens with zero attached hydrogens (tertiary/aromatic N) is 1. The van der Waals surface area contributed by atoms with Crippen molar-refractivity contribution in [1.82, 2.24) is 0 Å². The van der Waals surface area contributed by atoms with E-state index in [0.29, 0.717) is 16.4 Å². The topological polar surface area (TPSA) is 24.4 Å². The van der Waals surface area contributed by atoms with E-state index in [1.165, 1.54) is 12.1 Å². The number of hydrogen-bond donors (Lipinski definition) is 1. The molecule has 1 aliphatic heterocycles. The fourth-order valence-corrected chi connectivity index (χ4v) is 3.14. The zero-order valence-corrected chi connectivity index (χ0v) is 12.1. The van der Waals surface area contributed by atoms with E-state index in [1.807, 2.05) is 0 Å². The molecule has 0 spiro atoms. The van der Waals surface area contributed by atoms with Gasteiger partial charge in [0, 0.05) is 10.2 Å². The van der Waals surface area contributed by atoms with Crippen molar-refractivity contribution in [3.63, 3.8) is 0 Å². The molecule has 0 amide bonds. The van der Waals surface area contributed by atoms with Gasteiger partial charge in [-0.2, -0.15) is 0 Å². The van der Waals surface area contributed by atoms with Gasteiger partial charge in [-0.25, -0.2) is 4.39 Å². The van der Waals surface area contributed by atoms with Crippen molar-refractivity contribution < 1.29 is 4.39 Å². The van der Waals surface area contributed by atoms with Crippen LogP contribution in [0.1, 0.15) is 13.8 Å². The van der Waals surface area contributed by atoms with Crippen LogP contribution in [0.2, 0.25) is 0 Å². The second-order valence-electron chi connectivity index (χ2n) is 4.31. The summed E-state index contributed by atoms with van der Waals surface area (Å²) in [4.78, 5) is 4.60. The molecule has 17 heavy (non-hydrogen) atoms. The highest BCUT2D eigenvalue weighted by molar-refractivity contribution is 9.10. The van der Waals surface area contributed by atoms with E-state index in [2.05, 4.69) is 40.1 Å². The smallest absolute Gasteiger partial charge is 0.161 e. The minimum Gasteiger partial charge on any atom is -0.334 e. The first-order chi connectivity index (χ1) is 8.06. The number of nitrogens with one attached hydrogen (secondary N) is 1. The molecule has 0 radical (unpaired) electrons. The first-order valence-corrected chi connectivity index (χ1v) is 7.27. The summed E-state index contributed by atoms with van der Waals surface area (Å²) >= 11 is 5.04. The van der Waals surface area contributed by atoms with Gasteiger partial charge in [0.1, 0.15) is 5.82 Å². The number of thioether (sulfide) groups is 1. The Hall–Kier alpha value is -0.550. The maximum Gasteiger partial charge on any atom is 0.161 e. The van der Waals surface area contributed by atoms with Gasteiger partial charge in [-0.3, -0.25) is 4.99 Å². The molecule has 1 atom stereocenters. The van der Waals surface area contributed by atoms with Crippen LogP contribution in [-0.4, -0.2) is 17.0 Å². The van der Waals surface area contributed by atoms with Crippen molar-refractivity contribution >= 4 is 38.5 Å². The van der Waals surface area contributed by atoms with Crippen molar-refractivity contribution in [2.45, 2.75) is 19.9 Å². The molecule has 0 bridgehead atoms. The van der Waals surface area contributed by atoms with E-state index in [0.717, 1.165) is 16.6 Å². The van der Waals surface area contributed by atoms with Gasteiger partial charge in [-0.15, -0.1) is 0 Å². The Morgan fingerprint density at radius 3 is 2.88 bits per heavy atom. The molecule has 2 nitrogen and oxygen atoms in total. The Kier molecular flexibility index (Phi) is 4.09. The fourth-order valence-electron chi connectivity index (χ4n) is 1.51. The summed E-state index contributed by atoms with van der Waals surface area (Å²) in [6.07, 6.45) is 0. The maximum absolute atomic E-state index is 12.9. The Morgan fingerprint density at radius 2 is 2.29 bits per heavy atom. The molecule has 0 fully saturated rings. The molecule has 0 saturated heterocycles. The number of hydrogen-bond acceptors (Lipinski definition) is 3. The van der Waals surface area contributed by atoms with E-state index in [9.17, 15) is 4.39 Å². The highest BCUT2D eigenvalue weighted by atomic mass is 79.9. The van der Waals surface area contributed by atoms with E-state index >= 15 is 0 Å². The first-order valence-electron chi connectivity index (χ1n) is 5.49. The average molecular weight is 317 g/mol. The molecule has 1 heterocycles. The van der Waals surface area contributed by atoms with Crippen LogP contribution in [0, 0.1) is 11.7 Å². The minimum atomic E-state index is -0.247. The molecular formula is C12H14BrFN2S. The van der Waals surface area contributed by atoms with Crippen molar-refractivity contribution in [3.8, 4) is 0 Å². The number of aliphatic imine (C=N–C) groups is 1. The molecule has 1 N–H and O–H groups in total. The molecule has 1 aliphatic rings. The molecule has 92 valence electrons. The summed E-state index contributed by atoms with van der Waals surface area (Å²) in [7, 11) is 0. The average Bonchev–Trinajstić information content (AvgIpc) is 2.71. The van der Waals surface area contributed by atoms with Crippen LogP contribution in [0.3, 0.4) is 0 Å². The first kappa shape index (κ1) is 12.9. The largest absolute Gasteiger partial charge is 0.334 e. The number of benzene rings is 1. The van der Waals surface area contributed by atoms with E-state index in [1.54, 1.807) is 17.8 Å². The SMILES string of the molecule is CC(C)[C@H]1CSC(Nc2ccc(F)cc2Br)=N1. The Labute approximate surface area is 113 Å². The van der Waals surface area contributed by atoms with Gasteiger partial charge in [-0.1, -0.05) is 25.6 Å². The van der Waals surface area contributed by atoms with Gasteiger partial charge >= 0.3 is 0 Å². The van der Waals surface area contributed by atoms with Crippen LogP contribution in [0.15, 0.2) is 27.7 Å². The van der Waals surface area contributed by atoms with Gasteiger partial charge in [0.15, 0.2) is 5.17 Å². The minimum absolute atomic E-state index is 0.247. The number of halogens is 2. The lowest BCUT2D eigenvalue weighted by Gasteiger charge is -2.08. The molecule has 0 aromatic heterocycles. The summed E-state index contributed by atoms with van der Waals surface area (Å²) in [6.45, 7) is 4.34. The van der Waals surface area contributed by atoms with Crippen LogP contribution >= 0.6 is 27.7 Å². The molecule has 0 aliphatic carbocycles. The van der Waals surface area contributed by atoms with Crippen molar-refractivity contribution in [2.75, 3.05) is 11.1 Å².